The molecule has 0 saturated carbocycles. The van der Waals surface area contributed by atoms with E-state index in [4.69, 9.17) is 4.42 Å². The number of hydrogen-bond acceptors (Lipinski definition) is 4. The summed E-state index contributed by atoms with van der Waals surface area (Å²) in [7, 11) is 5.92. The van der Waals surface area contributed by atoms with E-state index in [2.05, 4.69) is 22.4 Å². The molecule has 5 nitrogen and oxygen atoms in total. The Labute approximate surface area is 107 Å². The lowest BCUT2D eigenvalue weighted by molar-refractivity contribution is 0.283. The molecule has 18 heavy (non-hydrogen) atoms. The van der Waals surface area contributed by atoms with Crippen LogP contribution in [0.15, 0.2) is 28.9 Å². The second-order valence-electron chi connectivity index (χ2n) is 4.59. The van der Waals surface area contributed by atoms with Crippen LogP contribution in [0.5, 0.6) is 0 Å². The maximum Gasteiger partial charge on any atom is 0.118 e. The molecule has 0 aliphatic heterocycles. The fraction of sp³-hybridized carbons (Fsp3) is 0.462. The maximum absolute atomic E-state index is 5.71. The molecule has 0 atom stereocenters. The maximum atomic E-state index is 5.71. The van der Waals surface area contributed by atoms with Gasteiger partial charge in [0.1, 0.15) is 11.5 Å². The van der Waals surface area contributed by atoms with Gasteiger partial charge in [0.15, 0.2) is 0 Å². The van der Waals surface area contributed by atoms with E-state index in [0.29, 0.717) is 0 Å². The lowest BCUT2D eigenvalue weighted by Gasteiger charge is -2.13. The van der Waals surface area contributed by atoms with E-state index in [1.807, 2.05) is 43.3 Å². The molecule has 0 fully saturated rings. The predicted molar refractivity (Wildman–Crippen MR) is 69.9 cm³/mol. The molecule has 2 aromatic rings. The molecule has 2 heterocycles. The van der Waals surface area contributed by atoms with Crippen LogP contribution in [-0.2, 0) is 26.7 Å². The van der Waals surface area contributed by atoms with Crippen molar-refractivity contribution < 1.29 is 4.42 Å². The molecule has 0 saturated heterocycles. The van der Waals surface area contributed by atoms with E-state index >= 15 is 0 Å². The molecule has 2 aromatic heterocycles. The number of furan rings is 1. The van der Waals surface area contributed by atoms with E-state index in [1.54, 1.807) is 0 Å². The Bertz CT molecular complexity index is 489. The van der Waals surface area contributed by atoms with Gasteiger partial charge in [0.25, 0.3) is 0 Å². The van der Waals surface area contributed by atoms with Gasteiger partial charge in [0, 0.05) is 25.4 Å². The van der Waals surface area contributed by atoms with Crippen molar-refractivity contribution in [3.05, 3.63) is 41.6 Å². The van der Waals surface area contributed by atoms with Crippen LogP contribution in [0.2, 0.25) is 0 Å². The van der Waals surface area contributed by atoms with Crippen molar-refractivity contribution in [1.82, 2.24) is 20.0 Å². The second kappa shape index (κ2) is 5.84. The first-order chi connectivity index (χ1) is 8.67. The third kappa shape index (κ3) is 3.45. The smallest absolute Gasteiger partial charge is 0.118 e. The summed E-state index contributed by atoms with van der Waals surface area (Å²) < 4.78 is 7.53. The van der Waals surface area contributed by atoms with Crippen molar-refractivity contribution in [1.29, 1.82) is 0 Å². The average Bonchev–Trinajstić information content (AvgIpc) is 2.89. The Morgan fingerprint density at radius 2 is 2.11 bits per heavy atom. The Kier molecular flexibility index (Phi) is 4.17. The number of aryl methyl sites for hydroxylation is 1. The molecule has 1 N–H and O–H groups in total. The van der Waals surface area contributed by atoms with E-state index in [9.17, 15) is 0 Å². The van der Waals surface area contributed by atoms with Gasteiger partial charge in [0.05, 0.1) is 19.3 Å². The van der Waals surface area contributed by atoms with Crippen molar-refractivity contribution in [3.8, 4) is 0 Å². The summed E-state index contributed by atoms with van der Waals surface area (Å²) in [5, 5.41) is 7.24. The average molecular weight is 248 g/mol. The van der Waals surface area contributed by atoms with Crippen molar-refractivity contribution in [3.63, 3.8) is 0 Å². The van der Waals surface area contributed by atoms with Crippen molar-refractivity contribution >= 4 is 0 Å². The number of aromatic nitrogens is 2. The van der Waals surface area contributed by atoms with Crippen LogP contribution in [-0.4, -0.2) is 28.8 Å². The minimum atomic E-state index is 0.770. The Morgan fingerprint density at radius 3 is 2.78 bits per heavy atom. The molecular formula is C13H20N4O. The summed E-state index contributed by atoms with van der Waals surface area (Å²) in [5.74, 6) is 1.97. The van der Waals surface area contributed by atoms with Gasteiger partial charge in [0.2, 0.25) is 0 Å². The molecule has 0 unspecified atom stereocenters. The highest BCUT2D eigenvalue weighted by Crippen LogP contribution is 2.11. The molecule has 2 rings (SSSR count). The van der Waals surface area contributed by atoms with Gasteiger partial charge < -0.3 is 9.73 Å². The molecule has 98 valence electrons. The van der Waals surface area contributed by atoms with Gasteiger partial charge >= 0.3 is 0 Å². The lowest BCUT2D eigenvalue weighted by atomic mass is 10.3. The number of nitrogens with zero attached hydrogens (tertiary/aromatic N) is 3. The number of hydrogen-bond donors (Lipinski definition) is 1. The van der Waals surface area contributed by atoms with E-state index in [1.165, 1.54) is 5.56 Å². The Hall–Kier alpha value is -1.59. The highest BCUT2D eigenvalue weighted by molar-refractivity contribution is 5.08. The molecular weight excluding hydrogens is 228 g/mol. The number of nitrogens with one attached hydrogen (secondary N) is 1. The first-order valence-electron chi connectivity index (χ1n) is 6.05. The van der Waals surface area contributed by atoms with Crippen LogP contribution < -0.4 is 5.32 Å². The molecule has 0 aromatic carbocycles. The summed E-state index contributed by atoms with van der Waals surface area (Å²) in [6.45, 7) is 2.45. The molecule has 5 heteroatoms. The van der Waals surface area contributed by atoms with Gasteiger partial charge in [-0.25, -0.2) is 0 Å². The summed E-state index contributed by atoms with van der Waals surface area (Å²) in [6.07, 6.45) is 3.93. The Morgan fingerprint density at radius 1 is 1.33 bits per heavy atom. The molecule has 0 bridgehead atoms. The van der Waals surface area contributed by atoms with Crippen LogP contribution in [0.4, 0.5) is 0 Å². The Balaban J connectivity index is 1.88. The zero-order chi connectivity index (χ0) is 13.0. The fourth-order valence-electron chi connectivity index (χ4n) is 1.96. The van der Waals surface area contributed by atoms with Crippen LogP contribution in [0.3, 0.4) is 0 Å². The standard InChI is InChI=1S/C13H20N4O/c1-14-7-12-4-5-13(18-12)10-16(2)8-11-6-15-17(3)9-11/h4-6,9,14H,7-8,10H2,1-3H3. The van der Waals surface area contributed by atoms with Crippen molar-refractivity contribution in [2.75, 3.05) is 14.1 Å². The summed E-state index contributed by atoms with van der Waals surface area (Å²) in [4.78, 5) is 2.21. The first kappa shape index (κ1) is 12.9. The zero-order valence-corrected chi connectivity index (χ0v) is 11.2. The third-order valence-electron chi connectivity index (χ3n) is 2.70. The van der Waals surface area contributed by atoms with Gasteiger partial charge in [-0.15, -0.1) is 0 Å². The monoisotopic (exact) mass is 248 g/mol. The summed E-state index contributed by atoms with van der Waals surface area (Å²) in [6, 6.07) is 4.05. The molecule has 0 aliphatic rings. The zero-order valence-electron chi connectivity index (χ0n) is 11.2. The van der Waals surface area contributed by atoms with Gasteiger partial charge in [-0.1, -0.05) is 0 Å². The van der Waals surface area contributed by atoms with Crippen molar-refractivity contribution in [2.45, 2.75) is 19.6 Å². The third-order valence-corrected chi connectivity index (χ3v) is 2.70. The lowest BCUT2D eigenvalue weighted by Crippen LogP contribution is -2.16. The molecule has 0 aliphatic carbocycles. The SMILES string of the molecule is CNCc1ccc(CN(C)Cc2cnn(C)c2)o1. The minimum absolute atomic E-state index is 0.770. The quantitative estimate of drug-likeness (QED) is 0.838. The number of rotatable bonds is 6. The normalized spacial score (nSPS) is 11.3. The predicted octanol–water partition coefficient (Wildman–Crippen LogP) is 1.36. The first-order valence-corrected chi connectivity index (χ1v) is 6.05. The topological polar surface area (TPSA) is 46.2 Å². The van der Waals surface area contributed by atoms with Gasteiger partial charge in [-0.2, -0.15) is 5.10 Å². The molecule has 0 radical (unpaired) electrons. The van der Waals surface area contributed by atoms with Crippen LogP contribution >= 0.6 is 0 Å². The van der Waals surface area contributed by atoms with Crippen LogP contribution in [0.25, 0.3) is 0 Å². The molecule has 0 amide bonds. The van der Waals surface area contributed by atoms with Gasteiger partial charge in [-0.3, -0.25) is 9.58 Å². The van der Waals surface area contributed by atoms with Crippen LogP contribution in [0.1, 0.15) is 17.1 Å². The summed E-state index contributed by atoms with van der Waals surface area (Å²) in [5.41, 5.74) is 1.21. The summed E-state index contributed by atoms with van der Waals surface area (Å²) >= 11 is 0. The minimum Gasteiger partial charge on any atom is -0.463 e. The second-order valence-corrected chi connectivity index (χ2v) is 4.59. The van der Waals surface area contributed by atoms with E-state index in [0.717, 1.165) is 31.2 Å². The van der Waals surface area contributed by atoms with E-state index in [-0.39, 0.29) is 0 Å². The van der Waals surface area contributed by atoms with Gasteiger partial charge in [-0.05, 0) is 26.2 Å². The van der Waals surface area contributed by atoms with E-state index < -0.39 is 0 Å². The largest absolute Gasteiger partial charge is 0.463 e. The molecule has 0 spiro atoms. The fourth-order valence-corrected chi connectivity index (χ4v) is 1.96. The van der Waals surface area contributed by atoms with Crippen molar-refractivity contribution in [2.24, 2.45) is 7.05 Å². The highest BCUT2D eigenvalue weighted by atomic mass is 16.3. The highest BCUT2D eigenvalue weighted by Gasteiger charge is 2.07. The van der Waals surface area contributed by atoms with Crippen LogP contribution in [0, 0.1) is 0 Å².